The summed E-state index contributed by atoms with van der Waals surface area (Å²) < 4.78 is 16.2. The molecule has 1 amide bonds. The number of hydrogen-bond acceptors (Lipinski definition) is 8. The van der Waals surface area contributed by atoms with E-state index in [1.54, 1.807) is 6.92 Å². The van der Waals surface area contributed by atoms with Gasteiger partial charge in [0.15, 0.2) is 16.7 Å². The second-order valence-corrected chi connectivity index (χ2v) is 9.17. The van der Waals surface area contributed by atoms with Gasteiger partial charge in [-0.25, -0.2) is 9.79 Å². The number of carbonyl (C=O) groups excluding carboxylic acids is 2. The number of esters is 1. The van der Waals surface area contributed by atoms with Crippen molar-refractivity contribution in [1.29, 1.82) is 0 Å². The highest BCUT2D eigenvalue weighted by Crippen LogP contribution is 2.44. The van der Waals surface area contributed by atoms with Crippen molar-refractivity contribution in [2.45, 2.75) is 25.9 Å². The van der Waals surface area contributed by atoms with Gasteiger partial charge in [0.05, 0.1) is 23.7 Å². The Balaban J connectivity index is 1.35. The van der Waals surface area contributed by atoms with E-state index in [4.69, 9.17) is 14.2 Å². The Hall–Kier alpha value is -3.98. The molecule has 36 heavy (non-hydrogen) atoms. The summed E-state index contributed by atoms with van der Waals surface area (Å²) in [6.45, 7) is 6.10. The molecule has 2 aromatic rings. The Morgan fingerprint density at radius 3 is 2.83 bits per heavy atom. The predicted octanol–water partition coefficient (Wildman–Crippen LogP) is 4.43. The second kappa shape index (κ2) is 10.3. The van der Waals surface area contributed by atoms with Crippen LogP contribution in [0, 0.1) is 0 Å². The van der Waals surface area contributed by atoms with Gasteiger partial charge in [0, 0.05) is 12.2 Å². The van der Waals surface area contributed by atoms with Gasteiger partial charge in [0.25, 0.3) is 0 Å². The van der Waals surface area contributed by atoms with Crippen LogP contribution in [0.25, 0.3) is 0 Å². The number of allylic oxidation sites excluding steroid dienone is 1. The van der Waals surface area contributed by atoms with E-state index in [9.17, 15) is 9.59 Å². The van der Waals surface area contributed by atoms with Gasteiger partial charge in [-0.15, -0.1) is 0 Å². The molecule has 0 radical (unpaired) electrons. The molecule has 0 aliphatic carbocycles. The zero-order valence-corrected chi connectivity index (χ0v) is 20.5. The normalized spacial score (nSPS) is 17.8. The Bertz CT molecular complexity index is 1300. The Kier molecular flexibility index (Phi) is 6.81. The number of hydrogen-bond donors (Lipinski definition) is 1. The van der Waals surface area contributed by atoms with Gasteiger partial charge in [-0.3, -0.25) is 4.79 Å². The summed E-state index contributed by atoms with van der Waals surface area (Å²) in [7, 11) is 0. The van der Waals surface area contributed by atoms with Crippen molar-refractivity contribution in [3.63, 3.8) is 0 Å². The summed E-state index contributed by atoms with van der Waals surface area (Å²) >= 11 is 1.44. The minimum atomic E-state index is -0.459. The lowest BCUT2D eigenvalue weighted by Gasteiger charge is -2.36. The molecule has 8 nitrogen and oxygen atoms in total. The van der Waals surface area contributed by atoms with Crippen molar-refractivity contribution in [2.24, 2.45) is 4.99 Å². The smallest absolute Gasteiger partial charge is 0.338 e. The van der Waals surface area contributed by atoms with Crippen LogP contribution in [0.4, 0.5) is 0 Å². The largest absolute Gasteiger partial charge is 0.458 e. The lowest BCUT2D eigenvalue weighted by atomic mass is 9.94. The third-order valence-corrected chi connectivity index (χ3v) is 6.83. The molecular weight excluding hydrogens is 478 g/mol. The molecule has 3 heterocycles. The lowest BCUT2D eigenvalue weighted by Crippen LogP contribution is -2.38. The molecule has 0 saturated carbocycles. The molecule has 0 aromatic heterocycles. The highest BCUT2D eigenvalue weighted by Gasteiger charge is 2.41. The van der Waals surface area contributed by atoms with Crippen LogP contribution in [0.2, 0.25) is 0 Å². The average molecular weight is 504 g/mol. The SMILES string of the molecule is C=CCOC(=O)C1=C(C)N=C2SC=C(CC(=O)NCc3ccc4c(c3)OCO4)N2[C@@H]1c1ccccc1. The van der Waals surface area contributed by atoms with Crippen molar-refractivity contribution in [1.82, 2.24) is 10.2 Å². The van der Waals surface area contributed by atoms with E-state index >= 15 is 0 Å². The first-order valence-corrected chi connectivity index (χ1v) is 12.4. The molecule has 3 aliphatic heterocycles. The van der Waals surface area contributed by atoms with Gasteiger partial charge in [0.1, 0.15) is 6.61 Å². The van der Waals surface area contributed by atoms with Crippen LogP contribution in [0.5, 0.6) is 11.5 Å². The van der Waals surface area contributed by atoms with Crippen molar-refractivity contribution in [3.8, 4) is 11.5 Å². The molecule has 1 atom stereocenters. The number of rotatable bonds is 8. The molecule has 0 unspecified atom stereocenters. The first-order valence-electron chi connectivity index (χ1n) is 11.5. The Labute approximate surface area is 213 Å². The third kappa shape index (κ3) is 4.74. The molecule has 2 aromatic carbocycles. The Morgan fingerprint density at radius 2 is 2.03 bits per heavy atom. The molecule has 0 fully saturated rings. The zero-order valence-electron chi connectivity index (χ0n) is 19.7. The number of benzene rings is 2. The van der Waals surface area contributed by atoms with Gasteiger partial charge in [0.2, 0.25) is 12.7 Å². The van der Waals surface area contributed by atoms with Gasteiger partial charge in [-0.1, -0.05) is 60.8 Å². The maximum absolute atomic E-state index is 13.1. The quantitative estimate of drug-likeness (QED) is 0.421. The fourth-order valence-electron chi connectivity index (χ4n) is 4.27. The van der Waals surface area contributed by atoms with Crippen LogP contribution < -0.4 is 14.8 Å². The number of carbonyl (C=O) groups is 2. The molecule has 184 valence electrons. The minimum absolute atomic E-state index is 0.105. The standard InChI is InChI=1S/C27H25N3O5S/c1-3-11-33-26(32)24-17(2)29-27-30(25(24)19-7-5-4-6-8-19)20(15-36-27)13-23(31)28-14-18-9-10-21-22(12-18)35-16-34-21/h3-10,12,15,25H,1,11,13-14,16H2,2H3,(H,28,31)/t25-/m1/s1. The van der Waals surface area contributed by atoms with Crippen LogP contribution in [0.3, 0.4) is 0 Å². The number of nitrogens with one attached hydrogen (secondary N) is 1. The molecule has 9 heteroatoms. The number of amides is 1. The predicted molar refractivity (Wildman–Crippen MR) is 137 cm³/mol. The molecular formula is C27H25N3O5S. The summed E-state index contributed by atoms with van der Waals surface area (Å²) in [6.07, 6.45) is 1.66. The van der Waals surface area contributed by atoms with Crippen LogP contribution in [-0.4, -0.2) is 35.3 Å². The summed E-state index contributed by atoms with van der Waals surface area (Å²) in [5, 5.41) is 5.61. The first kappa shape index (κ1) is 23.7. The van der Waals surface area contributed by atoms with E-state index in [1.165, 1.54) is 17.8 Å². The van der Waals surface area contributed by atoms with E-state index < -0.39 is 12.0 Å². The van der Waals surface area contributed by atoms with E-state index in [-0.39, 0.29) is 25.7 Å². The highest BCUT2D eigenvalue weighted by molar-refractivity contribution is 8.16. The van der Waals surface area contributed by atoms with Crippen molar-refractivity contribution in [2.75, 3.05) is 13.4 Å². The maximum Gasteiger partial charge on any atom is 0.338 e. The van der Waals surface area contributed by atoms with E-state index in [0.29, 0.717) is 29.3 Å². The van der Waals surface area contributed by atoms with E-state index in [0.717, 1.165) is 22.0 Å². The van der Waals surface area contributed by atoms with Crippen LogP contribution in [-0.2, 0) is 20.9 Å². The van der Waals surface area contributed by atoms with Crippen molar-refractivity contribution < 1.29 is 23.8 Å². The topological polar surface area (TPSA) is 89.5 Å². The number of amidine groups is 1. The third-order valence-electron chi connectivity index (χ3n) is 5.94. The number of aliphatic imine (C=N–C) groups is 1. The summed E-state index contributed by atoms with van der Waals surface area (Å²) in [4.78, 5) is 32.6. The van der Waals surface area contributed by atoms with E-state index in [1.807, 2.05) is 58.8 Å². The summed E-state index contributed by atoms with van der Waals surface area (Å²) in [6, 6.07) is 14.8. The van der Waals surface area contributed by atoms with Crippen molar-refractivity contribution in [3.05, 3.63) is 94.7 Å². The molecule has 3 aliphatic rings. The van der Waals surface area contributed by atoms with Gasteiger partial charge >= 0.3 is 5.97 Å². The first-order chi connectivity index (χ1) is 17.5. The van der Waals surface area contributed by atoms with Crippen molar-refractivity contribution >= 4 is 28.8 Å². The monoisotopic (exact) mass is 503 g/mol. The highest BCUT2D eigenvalue weighted by atomic mass is 32.2. The second-order valence-electron chi connectivity index (χ2n) is 8.33. The number of ether oxygens (including phenoxy) is 3. The van der Waals surface area contributed by atoms with E-state index in [2.05, 4.69) is 16.9 Å². The summed E-state index contributed by atoms with van der Waals surface area (Å²) in [5.41, 5.74) is 3.62. The van der Waals surface area contributed by atoms with Crippen LogP contribution in [0.15, 0.2) is 88.6 Å². The average Bonchev–Trinajstić information content (AvgIpc) is 3.52. The number of fused-ring (bicyclic) bond motifs is 2. The minimum Gasteiger partial charge on any atom is -0.458 e. The van der Waals surface area contributed by atoms with Crippen LogP contribution in [0.1, 0.15) is 30.5 Å². The number of nitrogens with zero attached hydrogens (tertiary/aromatic N) is 2. The lowest BCUT2D eigenvalue weighted by molar-refractivity contribution is -0.138. The molecule has 0 spiro atoms. The van der Waals surface area contributed by atoms with Crippen LogP contribution >= 0.6 is 11.8 Å². The summed E-state index contributed by atoms with van der Waals surface area (Å²) in [5.74, 6) is 0.782. The number of thioether (sulfide) groups is 1. The van der Waals surface area contributed by atoms with Gasteiger partial charge in [-0.05, 0) is 35.6 Å². The Morgan fingerprint density at radius 1 is 1.22 bits per heavy atom. The van der Waals surface area contributed by atoms with Gasteiger partial charge < -0.3 is 24.4 Å². The molecule has 0 bridgehead atoms. The fraction of sp³-hybridized carbons (Fsp3) is 0.222. The molecule has 5 rings (SSSR count). The zero-order chi connectivity index (χ0) is 25.1. The molecule has 0 saturated heterocycles. The van der Waals surface area contributed by atoms with Gasteiger partial charge in [-0.2, -0.15) is 0 Å². The fourth-order valence-corrected chi connectivity index (χ4v) is 5.24. The maximum atomic E-state index is 13.1. The molecule has 1 N–H and O–H groups in total.